The second-order valence-electron chi connectivity index (χ2n) is 8.01. The van der Waals surface area contributed by atoms with Gasteiger partial charge in [-0.25, -0.2) is 8.42 Å². The molecule has 3 aromatic rings. The predicted octanol–water partition coefficient (Wildman–Crippen LogP) is 4.65. The monoisotopic (exact) mass is 462 g/mol. The summed E-state index contributed by atoms with van der Waals surface area (Å²) in [5.74, 6) is 0.797. The number of para-hydroxylation sites is 1. The highest BCUT2D eigenvalue weighted by molar-refractivity contribution is 7.94. The maximum absolute atomic E-state index is 14.3. The summed E-state index contributed by atoms with van der Waals surface area (Å²) in [7, 11) is -1.17. The fourth-order valence-electron chi connectivity index (χ4n) is 4.88. The van der Waals surface area contributed by atoms with Crippen LogP contribution in [-0.2, 0) is 9.84 Å². The maximum Gasteiger partial charge on any atom is 0.201 e. The molecule has 3 aromatic carbocycles. The van der Waals surface area contributed by atoms with Crippen molar-refractivity contribution in [3.8, 4) is 17.2 Å². The van der Waals surface area contributed by atoms with Crippen LogP contribution in [0.15, 0.2) is 77.2 Å². The first-order chi connectivity index (χ1) is 15.9. The Bertz CT molecular complexity index is 1410. The highest BCUT2D eigenvalue weighted by Gasteiger charge is 2.64. The molecule has 0 saturated heterocycles. The van der Waals surface area contributed by atoms with Gasteiger partial charge in [-0.1, -0.05) is 36.4 Å². The third kappa shape index (κ3) is 2.72. The molecule has 0 saturated carbocycles. The SMILES string of the molecule is COc1ccc2c(c1OC)C=C(C)[C@@]1(S(=O)(=O)c3ccccc3)C(=O)c3ccccc3O[C@@H]21. The minimum absolute atomic E-state index is 0.0583. The van der Waals surface area contributed by atoms with Crippen molar-refractivity contribution in [2.75, 3.05) is 14.2 Å². The minimum Gasteiger partial charge on any atom is -0.493 e. The average molecular weight is 463 g/mol. The van der Waals surface area contributed by atoms with Gasteiger partial charge in [0.2, 0.25) is 4.75 Å². The molecule has 0 aromatic heterocycles. The molecule has 6 nitrogen and oxygen atoms in total. The zero-order valence-corrected chi connectivity index (χ0v) is 19.2. The fourth-order valence-corrected chi connectivity index (χ4v) is 7.06. The summed E-state index contributed by atoms with van der Waals surface area (Å²) >= 11 is 0. The zero-order chi connectivity index (χ0) is 23.4. The van der Waals surface area contributed by atoms with Crippen LogP contribution in [0.3, 0.4) is 0 Å². The first-order valence-corrected chi connectivity index (χ1v) is 11.9. The number of ketones is 1. The average Bonchev–Trinajstić information content (AvgIpc) is 2.83. The first-order valence-electron chi connectivity index (χ1n) is 10.4. The van der Waals surface area contributed by atoms with E-state index in [4.69, 9.17) is 14.2 Å². The van der Waals surface area contributed by atoms with Crippen molar-refractivity contribution in [1.29, 1.82) is 0 Å². The topological polar surface area (TPSA) is 78.9 Å². The van der Waals surface area contributed by atoms with Crippen LogP contribution in [0.5, 0.6) is 17.2 Å². The lowest BCUT2D eigenvalue weighted by Crippen LogP contribution is -2.57. The van der Waals surface area contributed by atoms with Gasteiger partial charge in [-0.05, 0) is 48.9 Å². The number of hydrogen-bond acceptors (Lipinski definition) is 6. The standard InChI is InChI=1S/C26H22O6S/c1-16-15-20-18(13-14-22(30-2)23(20)31-3)25-26(16,33(28,29)17-9-5-4-6-10-17)24(27)19-11-7-8-12-21(19)32-25/h4-15,25H,1-3H3/t25-,26+/m0/s1. The zero-order valence-electron chi connectivity index (χ0n) is 18.4. The number of methoxy groups -OCH3 is 2. The molecule has 0 spiro atoms. The molecule has 7 heteroatoms. The molecule has 33 heavy (non-hydrogen) atoms. The molecule has 1 aliphatic heterocycles. The van der Waals surface area contributed by atoms with Crippen molar-refractivity contribution in [3.63, 3.8) is 0 Å². The third-order valence-corrected chi connectivity index (χ3v) is 8.87. The van der Waals surface area contributed by atoms with E-state index in [2.05, 4.69) is 0 Å². The summed E-state index contributed by atoms with van der Waals surface area (Å²) < 4.78 is 43.9. The van der Waals surface area contributed by atoms with Crippen LogP contribution in [0.25, 0.3) is 6.08 Å². The Balaban J connectivity index is 1.89. The first kappa shape index (κ1) is 21.3. The fraction of sp³-hybridized carbons (Fsp3) is 0.192. The van der Waals surface area contributed by atoms with Gasteiger partial charge in [-0.15, -0.1) is 0 Å². The lowest BCUT2D eigenvalue weighted by Gasteiger charge is -2.45. The van der Waals surface area contributed by atoms with Gasteiger partial charge >= 0.3 is 0 Å². The number of Topliss-reactive ketones (excluding diaryl/α,β-unsaturated/α-hetero) is 1. The number of benzene rings is 3. The number of fused-ring (bicyclic) bond motifs is 4. The van der Waals surface area contributed by atoms with E-state index in [9.17, 15) is 13.2 Å². The molecule has 0 N–H and O–H groups in total. The molecule has 0 radical (unpaired) electrons. The van der Waals surface area contributed by atoms with Gasteiger partial charge < -0.3 is 14.2 Å². The number of sulfone groups is 1. The van der Waals surface area contributed by atoms with Crippen molar-refractivity contribution in [2.45, 2.75) is 22.7 Å². The van der Waals surface area contributed by atoms with Crippen molar-refractivity contribution in [2.24, 2.45) is 0 Å². The number of ether oxygens (including phenoxy) is 3. The Morgan fingerprint density at radius 2 is 1.61 bits per heavy atom. The smallest absolute Gasteiger partial charge is 0.201 e. The summed E-state index contributed by atoms with van der Waals surface area (Å²) in [6, 6.07) is 18.2. The Morgan fingerprint density at radius 3 is 2.30 bits per heavy atom. The molecule has 2 atom stereocenters. The Labute approximate surface area is 192 Å². The number of hydrogen-bond donors (Lipinski definition) is 0. The molecule has 1 aliphatic carbocycles. The second kappa shape index (κ2) is 7.49. The van der Waals surface area contributed by atoms with E-state index in [-0.39, 0.29) is 10.5 Å². The summed E-state index contributed by atoms with van der Waals surface area (Å²) in [6.07, 6.45) is 0.591. The van der Waals surface area contributed by atoms with Gasteiger partial charge in [-0.3, -0.25) is 4.79 Å². The van der Waals surface area contributed by atoms with Crippen LogP contribution in [0, 0.1) is 0 Å². The third-order valence-electron chi connectivity index (χ3n) is 6.41. The molecule has 0 bridgehead atoms. The van der Waals surface area contributed by atoms with Crippen molar-refractivity contribution in [1.82, 2.24) is 0 Å². The molecule has 0 unspecified atom stereocenters. The molecule has 5 rings (SSSR count). The van der Waals surface area contributed by atoms with Crippen LogP contribution in [0.1, 0.15) is 34.5 Å². The quantitative estimate of drug-likeness (QED) is 0.562. The van der Waals surface area contributed by atoms with Crippen molar-refractivity contribution >= 4 is 21.7 Å². The van der Waals surface area contributed by atoms with Gasteiger partial charge in [0, 0.05) is 11.1 Å². The van der Waals surface area contributed by atoms with E-state index < -0.39 is 26.5 Å². The van der Waals surface area contributed by atoms with Gasteiger partial charge in [0.15, 0.2) is 33.2 Å². The van der Waals surface area contributed by atoms with E-state index in [0.29, 0.717) is 33.9 Å². The largest absolute Gasteiger partial charge is 0.493 e. The van der Waals surface area contributed by atoms with E-state index in [1.54, 1.807) is 67.6 Å². The molecule has 168 valence electrons. The van der Waals surface area contributed by atoms with Crippen LogP contribution in [0.2, 0.25) is 0 Å². The summed E-state index contributed by atoms with van der Waals surface area (Å²) in [5.41, 5.74) is 1.77. The maximum atomic E-state index is 14.3. The Morgan fingerprint density at radius 1 is 0.909 bits per heavy atom. The van der Waals surface area contributed by atoms with Crippen molar-refractivity contribution in [3.05, 3.63) is 89.0 Å². The van der Waals surface area contributed by atoms with Crippen LogP contribution < -0.4 is 14.2 Å². The highest BCUT2D eigenvalue weighted by atomic mass is 32.2. The Kier molecular flexibility index (Phi) is 4.83. The lowest BCUT2D eigenvalue weighted by molar-refractivity contribution is 0.0761. The highest BCUT2D eigenvalue weighted by Crippen LogP contribution is 2.56. The summed E-state index contributed by atoms with van der Waals surface area (Å²) in [5, 5.41) is 0. The van der Waals surface area contributed by atoms with Crippen molar-refractivity contribution < 1.29 is 27.4 Å². The van der Waals surface area contributed by atoms with Crippen LogP contribution in [-0.4, -0.2) is 33.2 Å². The molecular formula is C26H22O6S. The number of carbonyl (C=O) groups excluding carboxylic acids is 1. The minimum atomic E-state index is -4.22. The van der Waals surface area contributed by atoms with Crippen LogP contribution >= 0.6 is 0 Å². The number of carbonyl (C=O) groups is 1. The lowest BCUT2D eigenvalue weighted by atomic mass is 9.74. The second-order valence-corrected chi connectivity index (χ2v) is 10.1. The van der Waals surface area contributed by atoms with Gasteiger partial charge in [0.25, 0.3) is 0 Å². The van der Waals surface area contributed by atoms with E-state index in [0.717, 1.165) is 0 Å². The van der Waals surface area contributed by atoms with Crippen LogP contribution in [0.4, 0.5) is 0 Å². The molecule has 2 aliphatic rings. The van der Waals surface area contributed by atoms with Gasteiger partial charge in [0.05, 0.1) is 24.7 Å². The molecule has 0 amide bonds. The Hall–Kier alpha value is -3.58. The van der Waals surface area contributed by atoms with E-state index in [1.807, 2.05) is 0 Å². The normalized spacial score (nSPS) is 21.1. The number of rotatable bonds is 4. The van der Waals surface area contributed by atoms with E-state index in [1.165, 1.54) is 26.4 Å². The molecule has 1 heterocycles. The van der Waals surface area contributed by atoms with Gasteiger partial charge in [-0.2, -0.15) is 0 Å². The van der Waals surface area contributed by atoms with Gasteiger partial charge in [0.1, 0.15) is 5.75 Å². The summed E-state index contributed by atoms with van der Waals surface area (Å²) in [4.78, 5) is 14.2. The van der Waals surface area contributed by atoms with E-state index >= 15 is 0 Å². The summed E-state index contributed by atoms with van der Waals surface area (Å²) in [6.45, 7) is 1.66. The predicted molar refractivity (Wildman–Crippen MR) is 124 cm³/mol. The molecule has 0 fully saturated rings. The molecular weight excluding hydrogens is 440 g/mol.